The molecule has 0 aromatic heterocycles. The van der Waals surface area contributed by atoms with Crippen LogP contribution in [0.1, 0.15) is 6.42 Å². The van der Waals surface area contributed by atoms with E-state index in [1.165, 1.54) is 23.9 Å². The number of ether oxygens (including phenoxy) is 1. The minimum atomic E-state index is -0.357. The van der Waals surface area contributed by atoms with Gasteiger partial charge in [0.25, 0.3) is 5.24 Å². The molecule has 1 N–H and O–H groups in total. The Bertz CT molecular complexity index is 513. The summed E-state index contributed by atoms with van der Waals surface area (Å²) in [7, 11) is 0. The summed E-state index contributed by atoms with van der Waals surface area (Å²) in [6.45, 7) is 1.77. The van der Waals surface area contributed by atoms with Crippen LogP contribution in [0, 0.1) is 5.82 Å². The average Bonchev–Trinajstić information content (AvgIpc) is 2.87. The Morgan fingerprint density at radius 2 is 2.33 bits per heavy atom. The molecule has 114 valence electrons. The van der Waals surface area contributed by atoms with Gasteiger partial charge in [-0.15, -0.1) is 0 Å². The number of nitrogens with zero attached hydrogens (tertiary/aromatic N) is 1. The molecule has 0 unspecified atom stereocenters. The first-order valence-electron chi connectivity index (χ1n) is 6.72. The summed E-state index contributed by atoms with van der Waals surface area (Å²) in [5, 5.41) is 2.74. The van der Waals surface area contributed by atoms with Gasteiger partial charge in [-0.1, -0.05) is 17.8 Å². The molecule has 7 heteroatoms. The minimum absolute atomic E-state index is 0.0391. The van der Waals surface area contributed by atoms with Gasteiger partial charge < -0.3 is 15.0 Å². The molecule has 2 amide bonds. The fraction of sp³-hybridized carbons (Fsp3) is 0.429. The molecule has 0 bridgehead atoms. The molecule has 1 aliphatic rings. The summed E-state index contributed by atoms with van der Waals surface area (Å²) in [6, 6.07) is 5.85. The predicted octanol–water partition coefficient (Wildman–Crippen LogP) is 1.88. The Morgan fingerprint density at radius 3 is 3.05 bits per heavy atom. The quantitative estimate of drug-likeness (QED) is 0.781. The number of nitrogens with one attached hydrogen (secondary N) is 1. The van der Waals surface area contributed by atoms with E-state index in [4.69, 9.17) is 4.74 Å². The van der Waals surface area contributed by atoms with Gasteiger partial charge in [0.1, 0.15) is 18.2 Å². The second kappa shape index (κ2) is 7.87. The molecular formula is C14H17FN2O3S. The first kappa shape index (κ1) is 15.6. The SMILES string of the molecule is O=C(CCN1CCSC1=O)NCCOc1cccc(F)c1. The molecular weight excluding hydrogens is 295 g/mol. The Morgan fingerprint density at radius 1 is 1.48 bits per heavy atom. The van der Waals surface area contributed by atoms with Gasteiger partial charge in [0.05, 0.1) is 6.54 Å². The summed E-state index contributed by atoms with van der Waals surface area (Å²) in [5.41, 5.74) is 0. The summed E-state index contributed by atoms with van der Waals surface area (Å²) in [6.07, 6.45) is 0.284. The van der Waals surface area contributed by atoms with Crippen LogP contribution >= 0.6 is 11.8 Å². The number of amides is 2. The van der Waals surface area contributed by atoms with Crippen molar-refractivity contribution < 1.29 is 18.7 Å². The molecule has 0 radical (unpaired) electrons. The van der Waals surface area contributed by atoms with Crippen molar-refractivity contribution in [3.63, 3.8) is 0 Å². The largest absolute Gasteiger partial charge is 0.492 e. The zero-order chi connectivity index (χ0) is 15.1. The standard InChI is InChI=1S/C14H17FN2O3S/c15-11-2-1-3-12(10-11)20-8-5-16-13(18)4-6-17-7-9-21-14(17)19/h1-3,10H,4-9H2,(H,16,18). The molecule has 1 aromatic carbocycles. The van der Waals surface area contributed by atoms with Crippen LogP contribution in [0.4, 0.5) is 9.18 Å². The van der Waals surface area contributed by atoms with Crippen molar-refractivity contribution in [2.75, 3.05) is 32.0 Å². The van der Waals surface area contributed by atoms with Crippen LogP contribution in [-0.4, -0.2) is 48.0 Å². The third-order valence-electron chi connectivity index (χ3n) is 2.94. The Labute approximate surface area is 126 Å². The van der Waals surface area contributed by atoms with Crippen LogP contribution in [0.25, 0.3) is 0 Å². The monoisotopic (exact) mass is 312 g/mol. The van der Waals surface area contributed by atoms with Crippen molar-refractivity contribution in [2.45, 2.75) is 6.42 Å². The highest BCUT2D eigenvalue weighted by molar-refractivity contribution is 8.13. The smallest absolute Gasteiger partial charge is 0.281 e. The average molecular weight is 312 g/mol. The number of thioether (sulfide) groups is 1. The summed E-state index contributed by atoms with van der Waals surface area (Å²) in [5.74, 6) is 0.748. The molecule has 1 saturated heterocycles. The predicted molar refractivity (Wildman–Crippen MR) is 78.9 cm³/mol. The van der Waals surface area contributed by atoms with Crippen LogP contribution in [0.5, 0.6) is 5.75 Å². The molecule has 1 aliphatic heterocycles. The number of benzene rings is 1. The highest BCUT2D eigenvalue weighted by atomic mass is 32.2. The summed E-state index contributed by atoms with van der Waals surface area (Å²) in [4.78, 5) is 24.6. The van der Waals surface area contributed by atoms with Crippen LogP contribution in [-0.2, 0) is 4.79 Å². The topological polar surface area (TPSA) is 58.6 Å². The van der Waals surface area contributed by atoms with E-state index in [0.29, 0.717) is 25.4 Å². The second-order valence-electron chi connectivity index (χ2n) is 4.51. The van der Waals surface area contributed by atoms with Gasteiger partial charge in [-0.3, -0.25) is 9.59 Å². The van der Waals surface area contributed by atoms with Gasteiger partial charge in [-0.05, 0) is 12.1 Å². The van der Waals surface area contributed by atoms with Crippen LogP contribution < -0.4 is 10.1 Å². The zero-order valence-corrected chi connectivity index (χ0v) is 12.3. The lowest BCUT2D eigenvalue weighted by atomic mass is 10.3. The molecule has 0 aliphatic carbocycles. The molecule has 0 atom stereocenters. The lowest BCUT2D eigenvalue weighted by Crippen LogP contribution is -2.32. The lowest BCUT2D eigenvalue weighted by Gasteiger charge is -2.14. The van der Waals surface area contributed by atoms with Crippen molar-refractivity contribution in [3.8, 4) is 5.75 Å². The van der Waals surface area contributed by atoms with E-state index in [2.05, 4.69) is 5.32 Å². The molecule has 0 spiro atoms. The maximum absolute atomic E-state index is 12.9. The van der Waals surface area contributed by atoms with Gasteiger partial charge in [0.2, 0.25) is 5.91 Å². The van der Waals surface area contributed by atoms with E-state index in [9.17, 15) is 14.0 Å². The maximum Gasteiger partial charge on any atom is 0.281 e. The van der Waals surface area contributed by atoms with Gasteiger partial charge in [0.15, 0.2) is 0 Å². The van der Waals surface area contributed by atoms with E-state index < -0.39 is 0 Å². The second-order valence-corrected chi connectivity index (χ2v) is 5.55. The van der Waals surface area contributed by atoms with E-state index in [-0.39, 0.29) is 30.0 Å². The molecule has 5 nitrogen and oxygen atoms in total. The number of halogens is 1. The first-order chi connectivity index (χ1) is 10.1. The Balaban J connectivity index is 1.58. The number of carbonyl (C=O) groups is 2. The van der Waals surface area contributed by atoms with Gasteiger partial charge in [-0.25, -0.2) is 4.39 Å². The van der Waals surface area contributed by atoms with Crippen LogP contribution in [0.2, 0.25) is 0 Å². The molecule has 1 heterocycles. The third kappa shape index (κ3) is 5.26. The highest BCUT2D eigenvalue weighted by Crippen LogP contribution is 2.16. The fourth-order valence-corrected chi connectivity index (χ4v) is 2.72. The van der Waals surface area contributed by atoms with Crippen LogP contribution in [0.15, 0.2) is 24.3 Å². The normalized spacial score (nSPS) is 14.3. The molecule has 21 heavy (non-hydrogen) atoms. The number of hydrogen-bond acceptors (Lipinski definition) is 4. The first-order valence-corrected chi connectivity index (χ1v) is 7.70. The molecule has 1 fully saturated rings. The van der Waals surface area contributed by atoms with Crippen molar-refractivity contribution in [2.24, 2.45) is 0 Å². The summed E-state index contributed by atoms with van der Waals surface area (Å²) < 4.78 is 18.2. The zero-order valence-electron chi connectivity index (χ0n) is 11.5. The number of carbonyl (C=O) groups excluding carboxylic acids is 2. The number of hydrogen-bond donors (Lipinski definition) is 1. The molecule has 2 rings (SSSR count). The lowest BCUT2D eigenvalue weighted by molar-refractivity contribution is -0.121. The molecule has 1 aromatic rings. The minimum Gasteiger partial charge on any atom is -0.492 e. The summed E-state index contributed by atoms with van der Waals surface area (Å²) >= 11 is 1.28. The Kier molecular flexibility index (Phi) is 5.86. The number of rotatable bonds is 7. The van der Waals surface area contributed by atoms with Gasteiger partial charge >= 0.3 is 0 Å². The van der Waals surface area contributed by atoms with E-state index >= 15 is 0 Å². The third-order valence-corrected chi connectivity index (χ3v) is 3.83. The Hall–Kier alpha value is -1.76. The highest BCUT2D eigenvalue weighted by Gasteiger charge is 2.21. The van der Waals surface area contributed by atoms with Crippen molar-refractivity contribution >= 4 is 22.9 Å². The van der Waals surface area contributed by atoms with Crippen molar-refractivity contribution in [1.29, 1.82) is 0 Å². The fourth-order valence-electron chi connectivity index (χ4n) is 1.87. The van der Waals surface area contributed by atoms with Crippen molar-refractivity contribution in [3.05, 3.63) is 30.1 Å². The maximum atomic E-state index is 12.9. The van der Waals surface area contributed by atoms with E-state index in [1.54, 1.807) is 17.0 Å². The molecule has 0 saturated carbocycles. The van der Waals surface area contributed by atoms with Gasteiger partial charge in [-0.2, -0.15) is 0 Å². The van der Waals surface area contributed by atoms with Crippen molar-refractivity contribution in [1.82, 2.24) is 10.2 Å². The van der Waals surface area contributed by atoms with E-state index in [0.717, 1.165) is 5.75 Å². The van der Waals surface area contributed by atoms with Gasteiger partial charge in [0, 0.05) is 31.3 Å². The van der Waals surface area contributed by atoms with Crippen LogP contribution in [0.3, 0.4) is 0 Å². The van der Waals surface area contributed by atoms with E-state index in [1.807, 2.05) is 0 Å².